The van der Waals surface area contributed by atoms with E-state index in [-0.39, 0.29) is 25.4 Å². The molecule has 0 aliphatic carbocycles. The predicted molar refractivity (Wildman–Crippen MR) is 129 cm³/mol. The van der Waals surface area contributed by atoms with Crippen LogP contribution in [0.2, 0.25) is 0 Å². The number of rotatable bonds is 11. The normalized spacial score (nSPS) is 11.7. The van der Waals surface area contributed by atoms with Crippen LogP contribution in [0.3, 0.4) is 0 Å². The van der Waals surface area contributed by atoms with Gasteiger partial charge in [0.1, 0.15) is 17.4 Å². The number of hydrogen-bond acceptors (Lipinski definition) is 4. The van der Waals surface area contributed by atoms with Crippen LogP contribution in [0.5, 0.6) is 5.75 Å². The molecule has 8 heteroatoms. The van der Waals surface area contributed by atoms with E-state index in [0.29, 0.717) is 24.0 Å². The fourth-order valence-electron chi connectivity index (χ4n) is 3.19. The quantitative estimate of drug-likeness (QED) is 0.350. The van der Waals surface area contributed by atoms with Crippen molar-refractivity contribution in [2.45, 2.75) is 39.0 Å². The van der Waals surface area contributed by atoms with Crippen molar-refractivity contribution >= 4 is 18.0 Å². The average molecular weight is 483 g/mol. The van der Waals surface area contributed by atoms with Gasteiger partial charge in [0.15, 0.2) is 12.4 Å². The minimum absolute atomic E-state index is 0.110. The summed E-state index contributed by atoms with van der Waals surface area (Å²) in [6.07, 6.45) is 0.00128. The van der Waals surface area contributed by atoms with E-state index in [1.165, 1.54) is 5.56 Å². The standard InChI is InChI=1S/C27H28F2N2O4/c1-18(2)21-7-10-23(11-8-21)35-24(15-32)17-34-16-20-5-3-19(4-6-20)14-30-27(33)31-26-12-9-22(28)13-25(26)29/h3-13,15,18,24H,14,16-17H2,1-2H3,(H2,30,31,33). The van der Waals surface area contributed by atoms with Crippen LogP contribution in [0.4, 0.5) is 19.3 Å². The summed E-state index contributed by atoms with van der Waals surface area (Å²) in [6.45, 7) is 4.83. The Hall–Kier alpha value is -3.78. The molecule has 0 heterocycles. The first-order valence-electron chi connectivity index (χ1n) is 11.2. The Balaban J connectivity index is 1.40. The summed E-state index contributed by atoms with van der Waals surface area (Å²) in [4.78, 5) is 23.3. The average Bonchev–Trinajstić information content (AvgIpc) is 2.85. The lowest BCUT2D eigenvalue weighted by Crippen LogP contribution is -2.28. The number of halogens is 2. The van der Waals surface area contributed by atoms with Crippen LogP contribution in [0, 0.1) is 11.6 Å². The Bertz CT molecular complexity index is 1120. The molecule has 0 aliphatic rings. The van der Waals surface area contributed by atoms with E-state index in [4.69, 9.17) is 9.47 Å². The molecule has 0 bridgehead atoms. The molecule has 0 fully saturated rings. The van der Waals surface area contributed by atoms with E-state index in [9.17, 15) is 18.4 Å². The van der Waals surface area contributed by atoms with Crippen molar-refractivity contribution in [3.05, 3.63) is 95.1 Å². The molecule has 3 aromatic rings. The highest BCUT2D eigenvalue weighted by molar-refractivity contribution is 5.89. The molecule has 6 nitrogen and oxygen atoms in total. The van der Waals surface area contributed by atoms with Gasteiger partial charge in [0.05, 0.1) is 18.9 Å². The lowest BCUT2D eigenvalue weighted by Gasteiger charge is -2.15. The highest BCUT2D eigenvalue weighted by Gasteiger charge is 2.11. The van der Waals surface area contributed by atoms with Gasteiger partial charge in [0, 0.05) is 12.6 Å². The first-order chi connectivity index (χ1) is 16.8. The third-order valence-corrected chi connectivity index (χ3v) is 5.19. The number of carbonyl (C=O) groups is 2. The van der Waals surface area contributed by atoms with Crippen molar-refractivity contribution in [2.75, 3.05) is 11.9 Å². The van der Waals surface area contributed by atoms with Crippen molar-refractivity contribution in [3.8, 4) is 5.75 Å². The van der Waals surface area contributed by atoms with Crippen molar-refractivity contribution < 1.29 is 27.8 Å². The zero-order valence-electron chi connectivity index (χ0n) is 19.6. The van der Waals surface area contributed by atoms with Crippen molar-refractivity contribution in [2.24, 2.45) is 0 Å². The Kier molecular flexibility index (Phi) is 9.31. The largest absolute Gasteiger partial charge is 0.481 e. The zero-order valence-corrected chi connectivity index (χ0v) is 19.6. The number of urea groups is 1. The van der Waals surface area contributed by atoms with E-state index < -0.39 is 23.8 Å². The van der Waals surface area contributed by atoms with Crippen molar-refractivity contribution in [1.29, 1.82) is 0 Å². The van der Waals surface area contributed by atoms with Gasteiger partial charge in [-0.15, -0.1) is 0 Å². The Morgan fingerprint density at radius 3 is 2.29 bits per heavy atom. The van der Waals surface area contributed by atoms with Crippen LogP contribution < -0.4 is 15.4 Å². The van der Waals surface area contributed by atoms with Crippen molar-refractivity contribution in [3.63, 3.8) is 0 Å². The Morgan fingerprint density at radius 2 is 1.66 bits per heavy atom. The van der Waals surface area contributed by atoms with E-state index >= 15 is 0 Å². The molecule has 3 aromatic carbocycles. The second kappa shape index (κ2) is 12.6. The van der Waals surface area contributed by atoms with Crippen LogP contribution in [-0.4, -0.2) is 25.0 Å². The number of ether oxygens (including phenoxy) is 2. The molecule has 2 amide bonds. The number of nitrogens with one attached hydrogen (secondary N) is 2. The van der Waals surface area contributed by atoms with Gasteiger partial charge < -0.3 is 20.1 Å². The van der Waals surface area contributed by atoms with E-state index in [1.54, 1.807) is 0 Å². The molecule has 0 spiro atoms. The molecule has 0 aromatic heterocycles. The first kappa shape index (κ1) is 25.8. The fourth-order valence-corrected chi connectivity index (χ4v) is 3.19. The fraction of sp³-hybridized carbons (Fsp3) is 0.259. The number of amides is 2. The maximum absolute atomic E-state index is 13.6. The van der Waals surface area contributed by atoms with Crippen LogP contribution >= 0.6 is 0 Å². The van der Waals surface area contributed by atoms with E-state index in [0.717, 1.165) is 23.3 Å². The highest BCUT2D eigenvalue weighted by atomic mass is 19.1. The Labute approximate surface area is 203 Å². The smallest absolute Gasteiger partial charge is 0.319 e. The van der Waals surface area contributed by atoms with Crippen LogP contribution in [0.15, 0.2) is 66.7 Å². The van der Waals surface area contributed by atoms with Crippen LogP contribution in [-0.2, 0) is 22.7 Å². The molecule has 0 aliphatic heterocycles. The molecule has 1 atom stereocenters. The second-order valence-corrected chi connectivity index (χ2v) is 8.28. The summed E-state index contributed by atoms with van der Waals surface area (Å²) in [5.41, 5.74) is 2.79. The number of aldehydes is 1. The Morgan fingerprint density at radius 1 is 0.971 bits per heavy atom. The van der Waals surface area contributed by atoms with Crippen LogP contribution in [0.25, 0.3) is 0 Å². The zero-order chi connectivity index (χ0) is 25.2. The molecule has 2 N–H and O–H groups in total. The third-order valence-electron chi connectivity index (χ3n) is 5.19. The maximum atomic E-state index is 13.6. The van der Waals surface area contributed by atoms with Gasteiger partial charge in [-0.3, -0.25) is 4.79 Å². The number of hydrogen-bond donors (Lipinski definition) is 2. The molecule has 0 radical (unpaired) electrons. The summed E-state index contributed by atoms with van der Waals surface area (Å²) in [5, 5.41) is 4.95. The molecule has 184 valence electrons. The van der Waals surface area contributed by atoms with Gasteiger partial charge in [-0.1, -0.05) is 50.2 Å². The lowest BCUT2D eigenvalue weighted by molar-refractivity contribution is -0.116. The summed E-state index contributed by atoms with van der Waals surface area (Å²) < 4.78 is 37.9. The predicted octanol–water partition coefficient (Wildman–Crippen LogP) is 5.57. The summed E-state index contributed by atoms with van der Waals surface area (Å²) >= 11 is 0. The number of anilines is 1. The SMILES string of the molecule is CC(C)c1ccc(OC(C=O)COCc2ccc(CNC(=O)Nc3ccc(F)cc3F)cc2)cc1. The molecule has 0 saturated heterocycles. The first-order valence-corrected chi connectivity index (χ1v) is 11.2. The highest BCUT2D eigenvalue weighted by Crippen LogP contribution is 2.19. The minimum Gasteiger partial charge on any atom is -0.481 e. The summed E-state index contributed by atoms with van der Waals surface area (Å²) in [7, 11) is 0. The van der Waals surface area contributed by atoms with E-state index in [2.05, 4.69) is 24.5 Å². The number of benzene rings is 3. The molecular weight excluding hydrogens is 454 g/mol. The third kappa shape index (κ3) is 8.19. The maximum Gasteiger partial charge on any atom is 0.319 e. The van der Waals surface area contributed by atoms with Gasteiger partial charge in [0.25, 0.3) is 0 Å². The molecule has 35 heavy (non-hydrogen) atoms. The monoisotopic (exact) mass is 482 g/mol. The van der Waals surface area contributed by atoms with Gasteiger partial charge in [-0.25, -0.2) is 13.6 Å². The van der Waals surface area contributed by atoms with Crippen LogP contribution in [0.1, 0.15) is 36.5 Å². The van der Waals surface area contributed by atoms with Gasteiger partial charge >= 0.3 is 6.03 Å². The lowest BCUT2D eigenvalue weighted by atomic mass is 10.0. The van der Waals surface area contributed by atoms with Crippen molar-refractivity contribution in [1.82, 2.24) is 5.32 Å². The van der Waals surface area contributed by atoms with Gasteiger partial charge in [-0.2, -0.15) is 0 Å². The van der Waals surface area contributed by atoms with E-state index in [1.807, 2.05) is 48.5 Å². The number of carbonyl (C=O) groups excluding carboxylic acids is 2. The second-order valence-electron chi connectivity index (χ2n) is 8.28. The molecule has 1 unspecified atom stereocenters. The minimum atomic E-state index is -0.851. The summed E-state index contributed by atoms with van der Waals surface area (Å²) in [5.74, 6) is -0.545. The molecule has 3 rings (SSSR count). The molecule has 0 saturated carbocycles. The summed E-state index contributed by atoms with van der Waals surface area (Å²) in [6, 6.07) is 17.3. The van der Waals surface area contributed by atoms with Gasteiger partial charge in [-0.05, 0) is 46.9 Å². The van der Waals surface area contributed by atoms with Gasteiger partial charge in [0.2, 0.25) is 0 Å². The molecular formula is C27H28F2N2O4. The topological polar surface area (TPSA) is 76.7 Å².